The third kappa shape index (κ3) is 5.16. The first-order chi connectivity index (χ1) is 11.4. The molecule has 0 spiro atoms. The molecule has 1 aromatic heterocycles. The molecule has 0 fully saturated rings. The lowest BCUT2D eigenvalue weighted by Crippen LogP contribution is -2.40. The van der Waals surface area contributed by atoms with Crippen molar-refractivity contribution in [1.29, 1.82) is 5.26 Å². The number of aliphatic hydroxyl groups is 1. The van der Waals surface area contributed by atoms with Crippen LogP contribution in [0.5, 0.6) is 0 Å². The first kappa shape index (κ1) is 18.1. The van der Waals surface area contributed by atoms with Gasteiger partial charge in [0, 0.05) is 4.88 Å². The van der Waals surface area contributed by atoms with Crippen LogP contribution in [-0.4, -0.2) is 31.3 Å². The molecule has 2 rings (SSSR count). The van der Waals surface area contributed by atoms with Crippen LogP contribution in [-0.2, 0) is 20.4 Å². The van der Waals surface area contributed by atoms with Crippen LogP contribution in [0.3, 0.4) is 0 Å². The van der Waals surface area contributed by atoms with Crippen molar-refractivity contribution >= 4 is 27.1 Å². The van der Waals surface area contributed by atoms with E-state index in [9.17, 15) is 18.3 Å². The summed E-state index contributed by atoms with van der Waals surface area (Å²) >= 11 is 1.29. The number of amides is 1. The van der Waals surface area contributed by atoms with Crippen molar-refractivity contribution in [2.75, 3.05) is 5.75 Å². The molecule has 1 heterocycles. The van der Waals surface area contributed by atoms with Crippen LogP contribution in [0.1, 0.15) is 16.5 Å². The summed E-state index contributed by atoms with van der Waals surface area (Å²) in [5.41, 5.74) is 0.582. The lowest BCUT2D eigenvalue weighted by Gasteiger charge is -2.14. The Balaban J connectivity index is 1.97. The third-order valence-corrected chi connectivity index (χ3v) is 5.72. The van der Waals surface area contributed by atoms with Gasteiger partial charge in [-0.1, -0.05) is 36.4 Å². The van der Waals surface area contributed by atoms with E-state index < -0.39 is 33.6 Å². The average molecular weight is 364 g/mol. The second kappa shape index (κ2) is 8.06. The monoisotopic (exact) mass is 364 g/mol. The number of hydrogen-bond donors (Lipinski definition) is 2. The van der Waals surface area contributed by atoms with Crippen molar-refractivity contribution in [2.24, 2.45) is 0 Å². The highest BCUT2D eigenvalue weighted by Crippen LogP contribution is 2.18. The molecule has 0 radical (unpaired) electrons. The molecule has 0 saturated carbocycles. The zero-order valence-electron chi connectivity index (χ0n) is 12.6. The molecule has 24 heavy (non-hydrogen) atoms. The van der Waals surface area contributed by atoms with Gasteiger partial charge < -0.3 is 10.4 Å². The highest BCUT2D eigenvalue weighted by Gasteiger charge is 2.26. The smallest absolute Gasteiger partial charge is 0.251 e. The maximum atomic E-state index is 12.1. The van der Waals surface area contributed by atoms with Crippen LogP contribution < -0.4 is 5.32 Å². The molecule has 2 atom stereocenters. The summed E-state index contributed by atoms with van der Waals surface area (Å²) in [5.74, 6) is -1.84. The topological polar surface area (TPSA) is 107 Å². The Kier molecular flexibility index (Phi) is 6.09. The first-order valence-electron chi connectivity index (χ1n) is 7.07. The average Bonchev–Trinajstić information content (AvgIpc) is 3.06. The standard InChI is InChI=1S/C16H16N2O4S2/c17-9-13(15-7-4-8-23-15)18-16(20)14(19)11-24(21,22)10-12-5-2-1-3-6-12/h1-8,13-14,19H,10-11H2,(H,18,20). The molecule has 2 aromatic rings. The van der Waals surface area contributed by atoms with E-state index >= 15 is 0 Å². The Morgan fingerprint density at radius 2 is 1.96 bits per heavy atom. The lowest BCUT2D eigenvalue weighted by atomic mass is 10.2. The number of sulfone groups is 1. The van der Waals surface area contributed by atoms with Gasteiger partial charge in [0.2, 0.25) is 0 Å². The van der Waals surface area contributed by atoms with Crippen LogP contribution in [0.4, 0.5) is 0 Å². The van der Waals surface area contributed by atoms with Crippen LogP contribution in [0.25, 0.3) is 0 Å². The molecule has 0 aliphatic carbocycles. The Bertz CT molecular complexity index is 812. The molecule has 0 aliphatic rings. The number of hydrogen-bond acceptors (Lipinski definition) is 6. The van der Waals surface area contributed by atoms with Gasteiger partial charge in [0.05, 0.1) is 17.6 Å². The van der Waals surface area contributed by atoms with Gasteiger partial charge >= 0.3 is 0 Å². The molecule has 0 bridgehead atoms. The Hall–Kier alpha value is -2.21. The van der Waals surface area contributed by atoms with Crippen molar-refractivity contribution in [3.63, 3.8) is 0 Å². The number of benzene rings is 1. The Morgan fingerprint density at radius 3 is 2.54 bits per heavy atom. The summed E-state index contributed by atoms with van der Waals surface area (Å²) < 4.78 is 24.2. The molecule has 6 nitrogen and oxygen atoms in total. The van der Waals surface area contributed by atoms with Crippen molar-refractivity contribution in [1.82, 2.24) is 5.32 Å². The van der Waals surface area contributed by atoms with Gasteiger partial charge in [-0.25, -0.2) is 8.42 Å². The summed E-state index contributed by atoms with van der Waals surface area (Å²) in [6.07, 6.45) is -1.73. The van der Waals surface area contributed by atoms with Gasteiger partial charge in [-0.05, 0) is 17.0 Å². The molecule has 1 amide bonds. The Labute approximate surface area is 144 Å². The van der Waals surface area contributed by atoms with Gasteiger partial charge in [0.1, 0.15) is 6.10 Å². The molecule has 0 aliphatic heterocycles. The zero-order chi connectivity index (χ0) is 17.6. The van der Waals surface area contributed by atoms with E-state index in [1.807, 2.05) is 6.07 Å². The van der Waals surface area contributed by atoms with Crippen LogP contribution in [0.2, 0.25) is 0 Å². The summed E-state index contributed by atoms with van der Waals surface area (Å²) in [6.45, 7) is 0. The van der Waals surface area contributed by atoms with E-state index in [2.05, 4.69) is 5.32 Å². The quantitative estimate of drug-likeness (QED) is 0.772. The second-order valence-corrected chi connectivity index (χ2v) is 8.23. The summed E-state index contributed by atoms with van der Waals surface area (Å²) in [4.78, 5) is 12.6. The van der Waals surface area contributed by atoms with E-state index in [4.69, 9.17) is 5.26 Å². The molecular formula is C16H16N2O4S2. The van der Waals surface area contributed by atoms with Crippen LogP contribution >= 0.6 is 11.3 Å². The SMILES string of the molecule is N#CC(NC(=O)C(O)CS(=O)(=O)Cc1ccccc1)c1cccs1. The first-order valence-corrected chi connectivity index (χ1v) is 9.77. The molecule has 0 saturated heterocycles. The second-order valence-electron chi connectivity index (χ2n) is 5.14. The number of thiophene rings is 1. The third-order valence-electron chi connectivity index (χ3n) is 3.19. The number of carbonyl (C=O) groups is 1. The van der Waals surface area contributed by atoms with E-state index in [0.29, 0.717) is 10.4 Å². The Morgan fingerprint density at radius 1 is 1.25 bits per heavy atom. The predicted molar refractivity (Wildman–Crippen MR) is 90.8 cm³/mol. The predicted octanol–water partition coefficient (Wildman–Crippen LogP) is 1.40. The van der Waals surface area contributed by atoms with Gasteiger partial charge in [-0.15, -0.1) is 11.3 Å². The van der Waals surface area contributed by atoms with E-state index in [1.165, 1.54) is 11.3 Å². The molecule has 2 N–H and O–H groups in total. The molecule has 1 aromatic carbocycles. The lowest BCUT2D eigenvalue weighted by molar-refractivity contribution is -0.128. The minimum atomic E-state index is -3.67. The number of nitriles is 1. The van der Waals surface area contributed by atoms with Gasteiger partial charge in [0.25, 0.3) is 5.91 Å². The van der Waals surface area contributed by atoms with Gasteiger partial charge in [0.15, 0.2) is 15.9 Å². The molecule has 8 heteroatoms. The largest absolute Gasteiger partial charge is 0.382 e. The number of nitrogens with zero attached hydrogens (tertiary/aromatic N) is 1. The molecule has 2 unspecified atom stereocenters. The summed E-state index contributed by atoms with van der Waals surface area (Å²) in [7, 11) is -3.67. The van der Waals surface area contributed by atoms with Gasteiger partial charge in [-0.3, -0.25) is 4.79 Å². The summed E-state index contributed by atoms with van der Waals surface area (Å²) in [6, 6.07) is 12.9. The van der Waals surface area contributed by atoms with Crippen molar-refractivity contribution in [2.45, 2.75) is 17.9 Å². The van der Waals surface area contributed by atoms with Crippen molar-refractivity contribution in [3.05, 3.63) is 58.3 Å². The molecular weight excluding hydrogens is 348 g/mol. The fourth-order valence-electron chi connectivity index (χ4n) is 2.06. The minimum absolute atomic E-state index is 0.259. The summed E-state index contributed by atoms with van der Waals surface area (Å²) in [5, 5.41) is 23.1. The van der Waals surface area contributed by atoms with Crippen molar-refractivity contribution in [3.8, 4) is 6.07 Å². The van der Waals surface area contributed by atoms with E-state index in [1.54, 1.807) is 47.8 Å². The van der Waals surface area contributed by atoms with E-state index in [-0.39, 0.29) is 5.75 Å². The number of carbonyl (C=O) groups excluding carboxylic acids is 1. The fraction of sp³-hybridized carbons (Fsp3) is 0.250. The number of rotatable bonds is 7. The minimum Gasteiger partial charge on any atom is -0.382 e. The maximum Gasteiger partial charge on any atom is 0.251 e. The normalized spacial score (nSPS) is 13.7. The highest BCUT2D eigenvalue weighted by molar-refractivity contribution is 7.90. The number of aliphatic hydroxyl groups excluding tert-OH is 1. The van der Waals surface area contributed by atoms with Crippen LogP contribution in [0, 0.1) is 11.3 Å². The highest BCUT2D eigenvalue weighted by atomic mass is 32.2. The van der Waals surface area contributed by atoms with Crippen molar-refractivity contribution < 1.29 is 18.3 Å². The fourth-order valence-corrected chi connectivity index (χ4v) is 4.23. The van der Waals surface area contributed by atoms with Gasteiger partial charge in [-0.2, -0.15) is 5.26 Å². The zero-order valence-corrected chi connectivity index (χ0v) is 14.3. The van der Waals surface area contributed by atoms with Crippen LogP contribution in [0.15, 0.2) is 47.8 Å². The van der Waals surface area contributed by atoms with E-state index in [0.717, 1.165) is 0 Å². The number of nitrogens with one attached hydrogen (secondary N) is 1. The molecule has 126 valence electrons. The maximum absolute atomic E-state index is 12.1.